The van der Waals surface area contributed by atoms with Crippen molar-refractivity contribution in [3.8, 4) is 11.5 Å². The number of rotatable bonds is 9. The molecule has 0 unspecified atom stereocenters. The molecule has 0 fully saturated rings. The van der Waals surface area contributed by atoms with Gasteiger partial charge in [-0.05, 0) is 60.9 Å². The smallest absolute Gasteiger partial charge is 0.291 e. The number of hydrogen-bond donors (Lipinski definition) is 2. The van der Waals surface area contributed by atoms with Crippen LogP contribution in [-0.2, 0) is 0 Å². The van der Waals surface area contributed by atoms with Gasteiger partial charge in [-0.2, -0.15) is 0 Å². The Morgan fingerprint density at radius 3 is 2.25 bits per heavy atom. The third-order valence-corrected chi connectivity index (χ3v) is 4.86. The monoisotopic (exact) mass is 456 g/mol. The first-order valence-electron chi connectivity index (χ1n) is 10.1. The Morgan fingerprint density at radius 2 is 1.69 bits per heavy atom. The molecule has 0 radical (unpaired) electrons. The van der Waals surface area contributed by atoms with Gasteiger partial charge in [0.05, 0.1) is 25.0 Å². The summed E-state index contributed by atoms with van der Waals surface area (Å²) in [5.41, 5.74) is 1.45. The number of halogens is 1. The van der Waals surface area contributed by atoms with Crippen molar-refractivity contribution < 1.29 is 23.5 Å². The summed E-state index contributed by atoms with van der Waals surface area (Å²) in [5.74, 6) is 0.806. The molecule has 0 bridgehead atoms. The summed E-state index contributed by atoms with van der Waals surface area (Å²) >= 11 is 6.35. The third kappa shape index (κ3) is 6.04. The second-order valence-electron chi connectivity index (χ2n) is 7.48. The van der Waals surface area contributed by atoms with Crippen molar-refractivity contribution in [2.45, 2.75) is 20.3 Å². The van der Waals surface area contributed by atoms with Crippen LogP contribution in [0.15, 0.2) is 59.2 Å². The molecule has 3 aromatic rings. The minimum atomic E-state index is -0.357. The lowest BCUT2D eigenvalue weighted by molar-refractivity contribution is 0.0994. The molecule has 0 aliphatic heterocycles. The van der Waals surface area contributed by atoms with Crippen molar-refractivity contribution in [3.63, 3.8) is 0 Å². The molecule has 0 aliphatic carbocycles. The maximum absolute atomic E-state index is 12.7. The Hall–Kier alpha value is -3.45. The number of hydrogen-bond acceptors (Lipinski definition) is 5. The van der Waals surface area contributed by atoms with Crippen LogP contribution >= 0.6 is 11.6 Å². The van der Waals surface area contributed by atoms with Gasteiger partial charge in [-0.1, -0.05) is 25.4 Å². The van der Waals surface area contributed by atoms with Crippen LogP contribution in [0.25, 0.3) is 0 Å². The fourth-order valence-corrected chi connectivity index (χ4v) is 3.09. The summed E-state index contributed by atoms with van der Waals surface area (Å²) in [4.78, 5) is 24.8. The molecule has 2 amide bonds. The normalized spacial score (nSPS) is 10.7. The second kappa shape index (κ2) is 10.7. The van der Waals surface area contributed by atoms with E-state index in [1.807, 2.05) is 0 Å². The van der Waals surface area contributed by atoms with Gasteiger partial charge >= 0.3 is 0 Å². The largest absolute Gasteiger partial charge is 0.493 e. The first-order chi connectivity index (χ1) is 15.4. The SMILES string of the molecule is COc1cc(C(=O)Nc2ccc(NC(=O)c3ccco3)cc2)cc(Cl)c1OCCC(C)C. The lowest BCUT2D eigenvalue weighted by Gasteiger charge is -2.15. The lowest BCUT2D eigenvalue weighted by Crippen LogP contribution is -2.13. The quantitative estimate of drug-likeness (QED) is 0.420. The van der Waals surface area contributed by atoms with Crippen LogP contribution in [0.5, 0.6) is 11.5 Å². The van der Waals surface area contributed by atoms with E-state index >= 15 is 0 Å². The average Bonchev–Trinajstić information content (AvgIpc) is 3.31. The van der Waals surface area contributed by atoms with Crippen LogP contribution in [-0.4, -0.2) is 25.5 Å². The first kappa shape index (κ1) is 23.2. The van der Waals surface area contributed by atoms with Gasteiger partial charge in [0, 0.05) is 16.9 Å². The highest BCUT2D eigenvalue weighted by atomic mass is 35.5. The Morgan fingerprint density at radius 1 is 1.03 bits per heavy atom. The summed E-state index contributed by atoms with van der Waals surface area (Å²) in [6.45, 7) is 4.71. The number of furan rings is 1. The van der Waals surface area contributed by atoms with Crippen molar-refractivity contribution in [2.24, 2.45) is 5.92 Å². The predicted molar refractivity (Wildman–Crippen MR) is 124 cm³/mol. The van der Waals surface area contributed by atoms with Gasteiger partial charge in [0.2, 0.25) is 0 Å². The molecule has 3 rings (SSSR count). The molecule has 168 valence electrons. The van der Waals surface area contributed by atoms with Crippen molar-refractivity contribution >= 4 is 34.8 Å². The molecule has 1 heterocycles. The summed E-state index contributed by atoms with van der Waals surface area (Å²) in [7, 11) is 1.50. The molecule has 1 aromatic heterocycles. The van der Waals surface area contributed by atoms with Gasteiger partial charge in [0.1, 0.15) is 0 Å². The maximum Gasteiger partial charge on any atom is 0.291 e. The number of ether oxygens (including phenoxy) is 2. The fraction of sp³-hybridized carbons (Fsp3) is 0.250. The van der Waals surface area contributed by atoms with Crippen LogP contribution in [0, 0.1) is 5.92 Å². The van der Waals surface area contributed by atoms with Gasteiger partial charge in [0.15, 0.2) is 17.3 Å². The zero-order chi connectivity index (χ0) is 23.1. The molecule has 0 aliphatic rings. The first-order valence-corrected chi connectivity index (χ1v) is 10.5. The van der Waals surface area contributed by atoms with Gasteiger partial charge in [0.25, 0.3) is 11.8 Å². The predicted octanol–water partition coefficient (Wildman–Crippen LogP) is 5.87. The van der Waals surface area contributed by atoms with Gasteiger partial charge in [-0.25, -0.2) is 0 Å². The Bertz CT molecular complexity index is 1060. The molecule has 8 heteroatoms. The molecule has 0 spiro atoms. The van der Waals surface area contributed by atoms with E-state index < -0.39 is 0 Å². The van der Waals surface area contributed by atoms with Gasteiger partial charge < -0.3 is 24.5 Å². The number of benzene rings is 2. The molecule has 0 saturated carbocycles. The van der Waals surface area contributed by atoms with E-state index in [9.17, 15) is 9.59 Å². The molecule has 0 atom stereocenters. The minimum absolute atomic E-state index is 0.213. The van der Waals surface area contributed by atoms with Crippen LogP contribution in [0.2, 0.25) is 5.02 Å². The van der Waals surface area contributed by atoms with Gasteiger partial charge in [-0.3, -0.25) is 9.59 Å². The second-order valence-corrected chi connectivity index (χ2v) is 7.89. The summed E-state index contributed by atoms with van der Waals surface area (Å²) in [6, 6.07) is 13.1. The van der Waals surface area contributed by atoms with Crippen LogP contribution in [0.1, 0.15) is 41.2 Å². The third-order valence-electron chi connectivity index (χ3n) is 4.58. The minimum Gasteiger partial charge on any atom is -0.493 e. The molecule has 32 heavy (non-hydrogen) atoms. The van der Waals surface area contributed by atoms with Gasteiger partial charge in [-0.15, -0.1) is 0 Å². The molecule has 7 nitrogen and oxygen atoms in total. The van der Waals surface area contributed by atoms with Crippen LogP contribution < -0.4 is 20.1 Å². The Labute approximate surface area is 191 Å². The number of carbonyl (C=O) groups excluding carboxylic acids is 2. The van der Waals surface area contributed by atoms with E-state index in [4.69, 9.17) is 25.5 Å². The van der Waals surface area contributed by atoms with Crippen LogP contribution in [0.3, 0.4) is 0 Å². The average molecular weight is 457 g/mol. The lowest BCUT2D eigenvalue weighted by atomic mass is 10.1. The number of anilines is 2. The number of methoxy groups -OCH3 is 1. The molecular formula is C24H25ClN2O5. The summed E-state index contributed by atoms with van der Waals surface area (Å²) in [6.07, 6.45) is 2.30. The molecular weight excluding hydrogens is 432 g/mol. The standard InChI is InChI=1S/C24H25ClN2O5/c1-15(2)10-12-32-22-19(25)13-16(14-21(22)30-3)23(28)26-17-6-8-18(9-7-17)27-24(29)20-5-4-11-31-20/h4-9,11,13-15H,10,12H2,1-3H3,(H,26,28)(H,27,29). The summed E-state index contributed by atoms with van der Waals surface area (Å²) < 4.78 is 16.2. The van der Waals surface area contributed by atoms with E-state index in [1.165, 1.54) is 13.4 Å². The maximum atomic E-state index is 12.7. The molecule has 2 N–H and O–H groups in total. The van der Waals surface area contributed by atoms with E-state index in [0.717, 1.165) is 6.42 Å². The van der Waals surface area contributed by atoms with Crippen molar-refractivity contribution in [1.82, 2.24) is 0 Å². The van der Waals surface area contributed by atoms with E-state index in [2.05, 4.69) is 24.5 Å². The number of nitrogens with one attached hydrogen (secondary N) is 2. The van der Waals surface area contributed by atoms with E-state index in [0.29, 0.717) is 46.0 Å². The van der Waals surface area contributed by atoms with Crippen molar-refractivity contribution in [1.29, 1.82) is 0 Å². The highest BCUT2D eigenvalue weighted by Crippen LogP contribution is 2.37. The topological polar surface area (TPSA) is 89.8 Å². The highest BCUT2D eigenvalue weighted by Gasteiger charge is 2.17. The zero-order valence-electron chi connectivity index (χ0n) is 18.1. The van der Waals surface area contributed by atoms with Crippen molar-refractivity contribution in [3.05, 3.63) is 71.1 Å². The van der Waals surface area contributed by atoms with Crippen LogP contribution in [0.4, 0.5) is 11.4 Å². The Balaban J connectivity index is 1.66. The summed E-state index contributed by atoms with van der Waals surface area (Å²) in [5, 5.41) is 5.81. The number of amides is 2. The fourth-order valence-electron chi connectivity index (χ4n) is 2.83. The van der Waals surface area contributed by atoms with E-state index in [1.54, 1.807) is 48.5 Å². The Kier molecular flexibility index (Phi) is 7.78. The van der Waals surface area contributed by atoms with E-state index in [-0.39, 0.29) is 17.6 Å². The number of carbonyl (C=O) groups is 2. The van der Waals surface area contributed by atoms with Crippen molar-refractivity contribution in [2.75, 3.05) is 24.4 Å². The molecule has 0 saturated heterocycles. The molecule has 2 aromatic carbocycles. The zero-order valence-corrected chi connectivity index (χ0v) is 18.9. The highest BCUT2D eigenvalue weighted by molar-refractivity contribution is 6.32.